The number of aromatic nitrogens is 2. The highest BCUT2D eigenvalue weighted by atomic mass is 16.1. The van der Waals surface area contributed by atoms with Crippen LogP contribution in [0, 0.1) is 0 Å². The average molecular weight is 362 g/mol. The summed E-state index contributed by atoms with van der Waals surface area (Å²) < 4.78 is 0. The maximum Gasteiger partial charge on any atom is 0.134 e. The number of aromatic amines is 1. The predicted molar refractivity (Wildman–Crippen MR) is 109 cm³/mol. The molecule has 0 radical (unpaired) electrons. The number of benzene rings is 2. The van der Waals surface area contributed by atoms with Crippen molar-refractivity contribution in [3.63, 3.8) is 0 Å². The fourth-order valence-corrected chi connectivity index (χ4v) is 3.89. The molecule has 1 saturated heterocycles. The summed E-state index contributed by atoms with van der Waals surface area (Å²) in [5, 5.41) is 11.9. The second-order valence-corrected chi connectivity index (χ2v) is 7.59. The molecule has 1 atom stereocenters. The van der Waals surface area contributed by atoms with Crippen LogP contribution in [0.25, 0.3) is 10.9 Å². The summed E-state index contributed by atoms with van der Waals surface area (Å²) >= 11 is 0. The van der Waals surface area contributed by atoms with E-state index in [9.17, 15) is 4.79 Å². The molecule has 140 valence electrons. The Labute approximate surface area is 159 Å². The molecule has 0 amide bonds. The van der Waals surface area contributed by atoms with E-state index < -0.39 is 0 Å². The molecule has 1 aliphatic heterocycles. The van der Waals surface area contributed by atoms with Gasteiger partial charge in [-0.3, -0.25) is 14.8 Å². The standard InChI is InChI=1S/C22H26N4O/c1-16(27)11-17-4-6-18(7-5-17)14-26-10-2-3-21(15-26)24-20-8-9-22-19(12-20)13-23-25-22/h4-9,12-13,21,24H,2-3,10-11,14-15H2,1H3,(H,23,25)/t21-/m1/s1. The summed E-state index contributed by atoms with van der Waals surface area (Å²) in [5.74, 6) is 0.210. The third kappa shape index (κ3) is 4.55. The average Bonchev–Trinajstić information content (AvgIpc) is 3.11. The molecule has 2 N–H and O–H groups in total. The second-order valence-electron chi connectivity index (χ2n) is 7.59. The van der Waals surface area contributed by atoms with Gasteiger partial charge in [0.1, 0.15) is 5.78 Å². The quantitative estimate of drug-likeness (QED) is 0.701. The number of hydrogen-bond donors (Lipinski definition) is 2. The van der Waals surface area contributed by atoms with E-state index >= 15 is 0 Å². The number of fused-ring (bicyclic) bond motifs is 1. The largest absolute Gasteiger partial charge is 0.381 e. The molecular weight excluding hydrogens is 336 g/mol. The van der Waals surface area contributed by atoms with Crippen molar-refractivity contribution < 1.29 is 4.79 Å². The molecule has 0 aliphatic carbocycles. The molecule has 5 nitrogen and oxygen atoms in total. The van der Waals surface area contributed by atoms with E-state index in [1.165, 1.54) is 18.4 Å². The van der Waals surface area contributed by atoms with Crippen LogP contribution in [-0.4, -0.2) is 40.0 Å². The van der Waals surface area contributed by atoms with Gasteiger partial charge in [-0.2, -0.15) is 5.10 Å². The first kappa shape index (κ1) is 17.7. The second kappa shape index (κ2) is 7.92. The van der Waals surface area contributed by atoms with Crippen LogP contribution in [0.5, 0.6) is 0 Å². The molecule has 0 bridgehead atoms. The fourth-order valence-electron chi connectivity index (χ4n) is 3.89. The van der Waals surface area contributed by atoms with E-state index in [1.807, 2.05) is 6.20 Å². The van der Waals surface area contributed by atoms with Crippen LogP contribution in [0.2, 0.25) is 0 Å². The summed E-state index contributed by atoms with van der Waals surface area (Å²) in [6.07, 6.45) is 4.78. The van der Waals surface area contributed by atoms with Gasteiger partial charge in [0.25, 0.3) is 0 Å². The number of piperidine rings is 1. The number of H-pyrrole nitrogens is 1. The zero-order valence-corrected chi connectivity index (χ0v) is 15.7. The van der Waals surface area contributed by atoms with Crippen molar-refractivity contribution in [2.75, 3.05) is 18.4 Å². The summed E-state index contributed by atoms with van der Waals surface area (Å²) in [6.45, 7) is 4.77. The molecule has 0 spiro atoms. The normalized spacial score (nSPS) is 17.9. The highest BCUT2D eigenvalue weighted by molar-refractivity contribution is 5.81. The molecule has 27 heavy (non-hydrogen) atoms. The Balaban J connectivity index is 1.35. The molecule has 5 heteroatoms. The molecule has 2 heterocycles. The first-order valence-corrected chi connectivity index (χ1v) is 9.65. The van der Waals surface area contributed by atoms with Crippen LogP contribution in [0.1, 0.15) is 30.9 Å². The van der Waals surface area contributed by atoms with E-state index in [-0.39, 0.29) is 5.78 Å². The molecular formula is C22H26N4O. The maximum absolute atomic E-state index is 11.2. The number of nitrogens with zero attached hydrogens (tertiary/aromatic N) is 2. The van der Waals surface area contributed by atoms with Gasteiger partial charge in [-0.15, -0.1) is 0 Å². The van der Waals surface area contributed by atoms with Crippen molar-refractivity contribution in [3.8, 4) is 0 Å². The van der Waals surface area contributed by atoms with E-state index in [0.717, 1.165) is 41.8 Å². The summed E-state index contributed by atoms with van der Waals surface area (Å²) in [7, 11) is 0. The number of carbonyl (C=O) groups excluding carboxylic acids is 1. The zero-order valence-electron chi connectivity index (χ0n) is 15.7. The zero-order chi connectivity index (χ0) is 18.6. The van der Waals surface area contributed by atoms with E-state index in [0.29, 0.717) is 12.5 Å². The minimum absolute atomic E-state index is 0.210. The minimum Gasteiger partial charge on any atom is -0.381 e. The first-order chi connectivity index (χ1) is 13.2. The summed E-state index contributed by atoms with van der Waals surface area (Å²) in [5.41, 5.74) is 4.63. The molecule has 0 saturated carbocycles. The van der Waals surface area contributed by atoms with Gasteiger partial charge in [0.05, 0.1) is 11.7 Å². The molecule has 1 aliphatic rings. The third-order valence-electron chi connectivity index (χ3n) is 5.20. The van der Waals surface area contributed by atoms with Gasteiger partial charge < -0.3 is 5.32 Å². The van der Waals surface area contributed by atoms with Crippen LogP contribution in [0.15, 0.2) is 48.7 Å². The van der Waals surface area contributed by atoms with Crippen LogP contribution in [-0.2, 0) is 17.8 Å². The van der Waals surface area contributed by atoms with Gasteiger partial charge in [0, 0.05) is 36.6 Å². The topological polar surface area (TPSA) is 61.0 Å². The van der Waals surface area contributed by atoms with Crippen molar-refractivity contribution in [1.82, 2.24) is 15.1 Å². The molecule has 0 unspecified atom stereocenters. The smallest absolute Gasteiger partial charge is 0.134 e. The monoisotopic (exact) mass is 362 g/mol. The fraction of sp³-hybridized carbons (Fsp3) is 0.364. The first-order valence-electron chi connectivity index (χ1n) is 9.65. The Kier molecular flexibility index (Phi) is 5.21. The van der Waals surface area contributed by atoms with Crippen molar-refractivity contribution in [2.45, 2.75) is 38.8 Å². The van der Waals surface area contributed by atoms with Gasteiger partial charge in [-0.25, -0.2) is 0 Å². The number of Topliss-reactive ketones (excluding diaryl/α,β-unsaturated/α-hetero) is 1. The number of rotatable bonds is 6. The van der Waals surface area contributed by atoms with Crippen LogP contribution < -0.4 is 5.32 Å². The SMILES string of the molecule is CC(=O)Cc1ccc(CN2CCC[C@@H](Nc3ccc4[nH]ncc4c3)C2)cc1. The Morgan fingerprint density at radius 1 is 1.22 bits per heavy atom. The van der Waals surface area contributed by atoms with E-state index in [2.05, 4.69) is 62.9 Å². The van der Waals surface area contributed by atoms with Crippen molar-refractivity contribution >= 4 is 22.4 Å². The van der Waals surface area contributed by atoms with Gasteiger partial charge in [0.2, 0.25) is 0 Å². The number of carbonyl (C=O) groups is 1. The lowest BCUT2D eigenvalue weighted by molar-refractivity contribution is -0.116. The molecule has 1 fully saturated rings. The molecule has 3 aromatic rings. The summed E-state index contributed by atoms with van der Waals surface area (Å²) in [6, 6.07) is 15.3. The van der Waals surface area contributed by atoms with Crippen LogP contribution in [0.4, 0.5) is 5.69 Å². The number of nitrogens with one attached hydrogen (secondary N) is 2. The minimum atomic E-state index is 0.210. The lowest BCUT2D eigenvalue weighted by atomic mass is 10.0. The Morgan fingerprint density at radius 2 is 2.04 bits per heavy atom. The van der Waals surface area contributed by atoms with Crippen LogP contribution >= 0.6 is 0 Å². The van der Waals surface area contributed by atoms with Crippen molar-refractivity contribution in [2.24, 2.45) is 0 Å². The third-order valence-corrected chi connectivity index (χ3v) is 5.20. The van der Waals surface area contributed by atoms with Crippen molar-refractivity contribution in [3.05, 3.63) is 59.8 Å². The highest BCUT2D eigenvalue weighted by Gasteiger charge is 2.20. The Morgan fingerprint density at radius 3 is 2.85 bits per heavy atom. The lowest BCUT2D eigenvalue weighted by Gasteiger charge is -2.33. The Hall–Kier alpha value is -2.66. The number of likely N-dealkylation sites (tertiary alicyclic amines) is 1. The van der Waals surface area contributed by atoms with Gasteiger partial charge >= 0.3 is 0 Å². The molecule has 4 rings (SSSR count). The van der Waals surface area contributed by atoms with E-state index in [1.54, 1.807) is 6.92 Å². The Bertz CT molecular complexity index is 915. The highest BCUT2D eigenvalue weighted by Crippen LogP contribution is 2.21. The molecule has 2 aromatic carbocycles. The van der Waals surface area contributed by atoms with Crippen LogP contribution in [0.3, 0.4) is 0 Å². The molecule has 1 aromatic heterocycles. The van der Waals surface area contributed by atoms with Gasteiger partial charge in [-0.1, -0.05) is 24.3 Å². The lowest BCUT2D eigenvalue weighted by Crippen LogP contribution is -2.41. The van der Waals surface area contributed by atoms with Crippen molar-refractivity contribution in [1.29, 1.82) is 0 Å². The van der Waals surface area contributed by atoms with E-state index in [4.69, 9.17) is 0 Å². The van der Waals surface area contributed by atoms with Gasteiger partial charge in [0.15, 0.2) is 0 Å². The number of hydrogen-bond acceptors (Lipinski definition) is 4. The number of anilines is 1. The number of ketones is 1. The van der Waals surface area contributed by atoms with Gasteiger partial charge in [-0.05, 0) is 55.6 Å². The predicted octanol–water partition coefficient (Wildman–Crippen LogP) is 3.77. The summed E-state index contributed by atoms with van der Waals surface area (Å²) in [4.78, 5) is 13.7. The maximum atomic E-state index is 11.2.